The van der Waals surface area contributed by atoms with Crippen LogP contribution in [0.2, 0.25) is 0 Å². The van der Waals surface area contributed by atoms with Crippen molar-refractivity contribution < 1.29 is 9.18 Å². The van der Waals surface area contributed by atoms with Crippen LogP contribution in [0.3, 0.4) is 0 Å². The van der Waals surface area contributed by atoms with Gasteiger partial charge in [-0.2, -0.15) is 0 Å². The average Bonchev–Trinajstić information content (AvgIpc) is 3.21. The van der Waals surface area contributed by atoms with E-state index < -0.39 is 0 Å². The quantitative estimate of drug-likeness (QED) is 0.479. The minimum Gasteiger partial charge on any atom is -0.375 e. The molecule has 2 aliphatic rings. The molecule has 1 aromatic carbocycles. The number of carbonyl (C=O) groups excluding carboxylic acids is 1. The number of benzene rings is 1. The highest BCUT2D eigenvalue weighted by Crippen LogP contribution is 2.32. The van der Waals surface area contributed by atoms with E-state index in [2.05, 4.69) is 22.1 Å². The molecule has 4 rings (SSSR count). The third-order valence-corrected chi connectivity index (χ3v) is 8.24. The molecule has 34 heavy (non-hydrogen) atoms. The largest absolute Gasteiger partial charge is 0.375 e. The Morgan fingerprint density at radius 3 is 2.79 bits per heavy atom. The Morgan fingerprint density at radius 1 is 1.24 bits per heavy atom. The van der Waals surface area contributed by atoms with Crippen LogP contribution in [0.1, 0.15) is 68.0 Å². The zero-order valence-corrected chi connectivity index (χ0v) is 21.0. The number of carbonyl (C=O) groups is 1. The van der Waals surface area contributed by atoms with Gasteiger partial charge in [0.05, 0.1) is 5.69 Å². The predicted molar refractivity (Wildman–Crippen MR) is 138 cm³/mol. The summed E-state index contributed by atoms with van der Waals surface area (Å²) in [5.74, 6) is 0.273. The topological polar surface area (TPSA) is 71.2 Å². The lowest BCUT2D eigenvalue weighted by atomic mass is 9.83. The van der Waals surface area contributed by atoms with Crippen LogP contribution in [-0.2, 0) is 17.6 Å². The number of anilines is 1. The van der Waals surface area contributed by atoms with Crippen molar-refractivity contribution in [3.05, 3.63) is 52.3 Å². The van der Waals surface area contributed by atoms with Gasteiger partial charge in [-0.1, -0.05) is 25.1 Å². The van der Waals surface area contributed by atoms with Gasteiger partial charge in [0, 0.05) is 28.6 Å². The van der Waals surface area contributed by atoms with Crippen molar-refractivity contribution in [3.63, 3.8) is 0 Å². The Kier molecular flexibility index (Phi) is 8.73. The SMILES string of the molecule is CCCN(CCC1CCC(NC(=O)/C=C/c2ccccc2F)CC1)[C@H]1CCc2nc(N)sc2C1. The van der Waals surface area contributed by atoms with Gasteiger partial charge in [-0.15, -0.1) is 11.3 Å². The molecule has 0 radical (unpaired) electrons. The predicted octanol–water partition coefficient (Wildman–Crippen LogP) is 5.21. The van der Waals surface area contributed by atoms with E-state index >= 15 is 0 Å². The number of rotatable bonds is 9. The van der Waals surface area contributed by atoms with Gasteiger partial charge < -0.3 is 16.0 Å². The van der Waals surface area contributed by atoms with Crippen molar-refractivity contribution in [2.45, 2.75) is 76.8 Å². The second kappa shape index (κ2) is 11.9. The van der Waals surface area contributed by atoms with Crippen molar-refractivity contribution in [3.8, 4) is 0 Å². The Morgan fingerprint density at radius 2 is 2.03 bits per heavy atom. The molecule has 1 saturated carbocycles. The van der Waals surface area contributed by atoms with Crippen LogP contribution >= 0.6 is 11.3 Å². The zero-order valence-electron chi connectivity index (χ0n) is 20.1. The molecule has 0 spiro atoms. The van der Waals surface area contributed by atoms with Gasteiger partial charge in [0.15, 0.2) is 5.13 Å². The third kappa shape index (κ3) is 6.66. The summed E-state index contributed by atoms with van der Waals surface area (Å²) in [4.78, 5) is 20.9. The highest BCUT2D eigenvalue weighted by Gasteiger charge is 2.28. The first kappa shape index (κ1) is 24.9. The van der Waals surface area contributed by atoms with Gasteiger partial charge in [-0.05, 0) is 88.9 Å². The van der Waals surface area contributed by atoms with Crippen molar-refractivity contribution >= 4 is 28.5 Å². The van der Waals surface area contributed by atoms with Crippen molar-refractivity contribution in [2.75, 3.05) is 18.8 Å². The molecule has 1 fully saturated rings. The Labute approximate surface area is 206 Å². The normalized spacial score (nSPS) is 22.7. The van der Waals surface area contributed by atoms with Crippen LogP contribution in [0, 0.1) is 11.7 Å². The second-order valence-electron chi connectivity index (χ2n) is 9.72. The van der Waals surface area contributed by atoms with Crippen LogP contribution in [-0.4, -0.2) is 41.0 Å². The average molecular weight is 485 g/mol. The van der Waals surface area contributed by atoms with Crippen molar-refractivity contribution in [1.29, 1.82) is 0 Å². The molecule has 2 aliphatic carbocycles. The third-order valence-electron chi connectivity index (χ3n) is 7.29. The Balaban J connectivity index is 1.20. The van der Waals surface area contributed by atoms with E-state index in [1.165, 1.54) is 42.0 Å². The molecular weight excluding hydrogens is 447 g/mol. The molecule has 0 bridgehead atoms. The first-order chi connectivity index (χ1) is 16.5. The minimum atomic E-state index is -0.311. The molecule has 1 amide bonds. The summed E-state index contributed by atoms with van der Waals surface area (Å²) in [6.07, 6.45) is 13.0. The number of fused-ring (bicyclic) bond motifs is 1. The van der Waals surface area contributed by atoms with Gasteiger partial charge in [0.25, 0.3) is 0 Å². The number of thiazole rings is 1. The first-order valence-electron chi connectivity index (χ1n) is 12.7. The maximum atomic E-state index is 13.7. The molecule has 5 nitrogen and oxygen atoms in total. The number of aromatic nitrogens is 1. The monoisotopic (exact) mass is 484 g/mol. The summed E-state index contributed by atoms with van der Waals surface area (Å²) in [7, 11) is 0. The summed E-state index contributed by atoms with van der Waals surface area (Å²) in [5, 5.41) is 3.81. The van der Waals surface area contributed by atoms with E-state index in [0.717, 1.165) is 57.5 Å². The number of hydrogen-bond donors (Lipinski definition) is 2. The fourth-order valence-corrected chi connectivity index (χ4v) is 6.37. The summed E-state index contributed by atoms with van der Waals surface area (Å²) in [5.41, 5.74) is 7.59. The zero-order chi connectivity index (χ0) is 23.9. The maximum Gasteiger partial charge on any atom is 0.244 e. The summed E-state index contributed by atoms with van der Waals surface area (Å²) < 4.78 is 13.7. The molecule has 1 atom stereocenters. The number of aryl methyl sites for hydroxylation is 1. The lowest BCUT2D eigenvalue weighted by Crippen LogP contribution is -2.41. The number of nitrogens with two attached hydrogens (primary N) is 1. The van der Waals surface area contributed by atoms with Crippen molar-refractivity contribution in [2.24, 2.45) is 5.92 Å². The van der Waals surface area contributed by atoms with E-state index in [1.807, 2.05) is 0 Å². The molecule has 0 aliphatic heterocycles. The van der Waals surface area contributed by atoms with E-state index in [-0.39, 0.29) is 17.8 Å². The standard InChI is InChI=1S/C27H37FN4OS/c1-2-16-32(22-12-13-24-25(18-22)34-27(29)31-24)17-15-19-7-10-21(11-8-19)30-26(33)14-9-20-5-3-4-6-23(20)28/h3-6,9,14,19,21-22H,2,7-8,10-13,15-18H2,1H3,(H2,29,31)(H,30,33)/b14-9+/t19?,21?,22-/m0/s1. The Hall–Kier alpha value is -2.25. The number of nitrogen functional groups attached to an aromatic ring is 1. The molecule has 1 aromatic heterocycles. The summed E-state index contributed by atoms with van der Waals surface area (Å²) >= 11 is 1.67. The second-order valence-corrected chi connectivity index (χ2v) is 10.8. The molecule has 7 heteroatoms. The molecule has 1 heterocycles. The first-order valence-corrected chi connectivity index (χ1v) is 13.5. The fourth-order valence-electron chi connectivity index (χ4n) is 5.42. The van der Waals surface area contributed by atoms with E-state index in [0.29, 0.717) is 16.7 Å². The van der Waals surface area contributed by atoms with Crippen LogP contribution in [0.4, 0.5) is 9.52 Å². The van der Waals surface area contributed by atoms with E-state index in [1.54, 1.807) is 35.6 Å². The highest BCUT2D eigenvalue weighted by atomic mass is 32.1. The summed E-state index contributed by atoms with van der Waals surface area (Å²) in [6.45, 7) is 4.56. The summed E-state index contributed by atoms with van der Waals surface area (Å²) in [6, 6.07) is 7.31. The van der Waals surface area contributed by atoms with Gasteiger partial charge in [0.2, 0.25) is 5.91 Å². The fraction of sp³-hybridized carbons (Fsp3) is 0.556. The van der Waals surface area contributed by atoms with Gasteiger partial charge in [-0.25, -0.2) is 9.37 Å². The number of hydrogen-bond acceptors (Lipinski definition) is 5. The van der Waals surface area contributed by atoms with E-state index in [4.69, 9.17) is 5.73 Å². The van der Waals surface area contributed by atoms with Crippen LogP contribution < -0.4 is 11.1 Å². The molecule has 0 unspecified atom stereocenters. The molecule has 184 valence electrons. The van der Waals surface area contributed by atoms with E-state index in [9.17, 15) is 9.18 Å². The highest BCUT2D eigenvalue weighted by molar-refractivity contribution is 7.15. The minimum absolute atomic E-state index is 0.138. The Bertz CT molecular complexity index is 983. The van der Waals surface area contributed by atoms with Crippen LogP contribution in [0.25, 0.3) is 6.08 Å². The van der Waals surface area contributed by atoms with Gasteiger partial charge >= 0.3 is 0 Å². The maximum absolute atomic E-state index is 13.7. The molecular formula is C27H37FN4OS. The lowest BCUT2D eigenvalue weighted by Gasteiger charge is -2.36. The van der Waals surface area contributed by atoms with Crippen molar-refractivity contribution in [1.82, 2.24) is 15.2 Å². The number of amides is 1. The number of nitrogens with zero attached hydrogens (tertiary/aromatic N) is 2. The lowest BCUT2D eigenvalue weighted by molar-refractivity contribution is -0.117. The van der Waals surface area contributed by atoms with Gasteiger partial charge in [0.1, 0.15) is 5.82 Å². The molecule has 0 saturated heterocycles. The molecule has 3 N–H and O–H groups in total. The smallest absolute Gasteiger partial charge is 0.244 e. The molecule has 2 aromatic rings. The number of nitrogens with one attached hydrogen (secondary N) is 1. The van der Waals surface area contributed by atoms with Crippen LogP contribution in [0.15, 0.2) is 30.3 Å². The van der Waals surface area contributed by atoms with Crippen LogP contribution in [0.5, 0.6) is 0 Å². The van der Waals surface area contributed by atoms with Gasteiger partial charge in [-0.3, -0.25) is 4.79 Å². The number of halogens is 1.